The third-order valence-corrected chi connectivity index (χ3v) is 12.6. The summed E-state index contributed by atoms with van der Waals surface area (Å²) in [6.45, 7) is 4.66. The summed E-state index contributed by atoms with van der Waals surface area (Å²) in [6.07, 6.45) is 9.88. The Morgan fingerprint density at radius 3 is 1.60 bits per heavy atom. The summed E-state index contributed by atoms with van der Waals surface area (Å²) in [5.74, 6) is 3.60. The van der Waals surface area contributed by atoms with Crippen molar-refractivity contribution in [1.29, 1.82) is 0 Å². The number of nitrogens with zero attached hydrogens (tertiary/aromatic N) is 4. The fourth-order valence-electron chi connectivity index (χ4n) is 9.80. The maximum atomic E-state index is 7.02. The molecule has 2 atom stereocenters. The van der Waals surface area contributed by atoms with Gasteiger partial charge in [-0.3, -0.25) is 0 Å². The van der Waals surface area contributed by atoms with Gasteiger partial charge in [0.15, 0.2) is 17.5 Å². The van der Waals surface area contributed by atoms with E-state index in [0.29, 0.717) is 17.5 Å². The number of hydrogen-bond acceptors (Lipinski definition) is 5. The lowest BCUT2D eigenvalue weighted by Crippen LogP contribution is -2.40. The average Bonchev–Trinajstić information content (AvgIpc) is 3.32. The Balaban J connectivity index is 1.16. The van der Waals surface area contributed by atoms with E-state index in [1.807, 2.05) is 60.7 Å². The van der Waals surface area contributed by atoms with Gasteiger partial charge in [-0.05, 0) is 77.6 Å². The van der Waals surface area contributed by atoms with Crippen LogP contribution in [0.25, 0.3) is 34.2 Å². The predicted octanol–water partition coefficient (Wildman–Crippen LogP) is 13.6. The van der Waals surface area contributed by atoms with Crippen molar-refractivity contribution < 1.29 is 4.74 Å². The van der Waals surface area contributed by atoms with E-state index in [0.717, 1.165) is 51.4 Å². The van der Waals surface area contributed by atoms with Gasteiger partial charge in [-0.2, -0.15) is 0 Å². The number of fused-ring (bicyclic) bond motifs is 4. The molecule has 3 heterocycles. The zero-order chi connectivity index (χ0) is 40.3. The Hall–Kier alpha value is -7.37. The maximum Gasteiger partial charge on any atom is 0.164 e. The first kappa shape index (κ1) is 35.8. The van der Waals surface area contributed by atoms with Crippen molar-refractivity contribution in [2.45, 2.75) is 31.1 Å². The fourth-order valence-corrected chi connectivity index (χ4v) is 9.80. The molecule has 5 heteroatoms. The Kier molecular flexibility index (Phi) is 8.45. The van der Waals surface area contributed by atoms with E-state index in [1.165, 1.54) is 28.1 Å². The first-order valence-electron chi connectivity index (χ1n) is 20.7. The highest BCUT2D eigenvalue weighted by atomic mass is 16.5. The molecule has 288 valence electrons. The van der Waals surface area contributed by atoms with Crippen molar-refractivity contribution in [2.24, 2.45) is 5.92 Å². The van der Waals surface area contributed by atoms with Crippen molar-refractivity contribution in [2.75, 3.05) is 4.90 Å². The molecule has 0 saturated carbocycles. The monoisotopic (exact) mass is 774 g/mol. The number of anilines is 3. The number of benzene rings is 7. The summed E-state index contributed by atoms with van der Waals surface area (Å²) in [7, 11) is 0. The molecule has 2 unspecified atom stereocenters. The lowest BCUT2D eigenvalue weighted by atomic mass is 9.59. The second-order valence-corrected chi connectivity index (χ2v) is 16.4. The minimum Gasteiger partial charge on any atom is -0.457 e. The molecule has 0 amide bonds. The molecule has 1 aromatic heterocycles. The van der Waals surface area contributed by atoms with Gasteiger partial charge >= 0.3 is 0 Å². The Bertz CT molecular complexity index is 2870. The van der Waals surface area contributed by atoms with Crippen LogP contribution in [0.15, 0.2) is 200 Å². The number of rotatable bonds is 6. The molecule has 0 bridgehead atoms. The number of aromatic nitrogens is 3. The van der Waals surface area contributed by atoms with E-state index in [2.05, 4.69) is 158 Å². The van der Waals surface area contributed by atoms with E-state index >= 15 is 0 Å². The molecule has 3 aliphatic rings. The van der Waals surface area contributed by atoms with Crippen LogP contribution in [0, 0.1) is 5.92 Å². The van der Waals surface area contributed by atoms with Crippen molar-refractivity contribution in [3.05, 3.63) is 228 Å². The van der Waals surface area contributed by atoms with Gasteiger partial charge in [0.2, 0.25) is 0 Å². The molecule has 11 rings (SSSR count). The Labute approximate surface area is 351 Å². The SMILES string of the molecule is CC1(C)c2ccccc2N(c2ccc3c(c2)C(c2ccccc2)(C2C=CC=CC2)c2cc(-c4nc(-c5ccccc5)nc(-c5ccccc5)n4)ccc2O3)c2ccccc21. The van der Waals surface area contributed by atoms with Gasteiger partial charge in [-0.15, -0.1) is 0 Å². The minimum absolute atomic E-state index is 0.0646. The number of para-hydroxylation sites is 2. The Morgan fingerprint density at radius 2 is 1.02 bits per heavy atom. The van der Waals surface area contributed by atoms with Gasteiger partial charge in [0.1, 0.15) is 11.5 Å². The first-order valence-corrected chi connectivity index (χ1v) is 20.7. The molecule has 5 nitrogen and oxygen atoms in total. The maximum absolute atomic E-state index is 7.02. The van der Waals surface area contributed by atoms with E-state index in [1.54, 1.807) is 0 Å². The zero-order valence-corrected chi connectivity index (χ0v) is 33.5. The molecule has 0 saturated heterocycles. The summed E-state index contributed by atoms with van der Waals surface area (Å²) < 4.78 is 7.02. The van der Waals surface area contributed by atoms with E-state index in [-0.39, 0.29) is 11.3 Å². The van der Waals surface area contributed by atoms with Gasteiger partial charge in [0, 0.05) is 38.9 Å². The molecule has 60 heavy (non-hydrogen) atoms. The quantitative estimate of drug-likeness (QED) is 0.168. The molecule has 2 aliphatic heterocycles. The van der Waals surface area contributed by atoms with Crippen LogP contribution in [0.5, 0.6) is 11.5 Å². The zero-order valence-electron chi connectivity index (χ0n) is 33.5. The summed E-state index contributed by atoms with van der Waals surface area (Å²) in [5, 5.41) is 0. The highest BCUT2D eigenvalue weighted by molar-refractivity contribution is 5.87. The highest BCUT2D eigenvalue weighted by Gasteiger charge is 2.49. The number of hydrogen-bond donors (Lipinski definition) is 0. The van der Waals surface area contributed by atoms with E-state index < -0.39 is 5.41 Å². The van der Waals surface area contributed by atoms with Crippen molar-refractivity contribution in [3.8, 4) is 45.7 Å². The van der Waals surface area contributed by atoms with Crippen LogP contribution in [-0.2, 0) is 10.8 Å². The van der Waals surface area contributed by atoms with Gasteiger partial charge in [0.05, 0.1) is 16.8 Å². The third-order valence-electron chi connectivity index (χ3n) is 12.6. The second-order valence-electron chi connectivity index (χ2n) is 16.4. The molecule has 0 spiro atoms. The fraction of sp³-hybridized carbons (Fsp3) is 0.109. The molecule has 7 aromatic carbocycles. The second kappa shape index (κ2) is 14.2. The average molecular weight is 775 g/mol. The van der Waals surface area contributed by atoms with Crippen molar-refractivity contribution in [1.82, 2.24) is 15.0 Å². The van der Waals surface area contributed by atoms with E-state index in [9.17, 15) is 0 Å². The summed E-state index contributed by atoms with van der Waals surface area (Å²) in [6, 6.07) is 62.2. The molecule has 0 radical (unpaired) electrons. The smallest absolute Gasteiger partial charge is 0.164 e. The lowest BCUT2D eigenvalue weighted by Gasteiger charge is -2.47. The molecule has 1 aliphatic carbocycles. The molecule has 8 aromatic rings. The molecular weight excluding hydrogens is 733 g/mol. The van der Waals surface area contributed by atoms with Crippen LogP contribution >= 0.6 is 0 Å². The standard InChI is InChI=1S/C55H42N4O/c1-54(2)43-27-15-17-29-47(43)59(48-30-18-16-28-44(48)54)42-32-34-50-46(36-42)55(40-23-11-5-12-24-40,41-25-13-6-14-26-41)45-35-39(31-33-49(45)60-50)53-57-51(37-19-7-3-8-20-37)56-52(58-53)38-21-9-4-10-22-38/h3-25,27-36,41H,26H2,1-2H3. The normalized spacial score (nSPS) is 18.1. The third kappa shape index (κ3) is 5.65. The van der Waals surface area contributed by atoms with Crippen molar-refractivity contribution >= 4 is 17.1 Å². The first-order chi connectivity index (χ1) is 29.5. The summed E-state index contributed by atoms with van der Waals surface area (Å²) in [4.78, 5) is 17.8. The predicted molar refractivity (Wildman–Crippen MR) is 242 cm³/mol. The van der Waals surface area contributed by atoms with Gasteiger partial charge in [0.25, 0.3) is 0 Å². The van der Waals surface area contributed by atoms with Crippen molar-refractivity contribution in [3.63, 3.8) is 0 Å². The largest absolute Gasteiger partial charge is 0.457 e. The summed E-state index contributed by atoms with van der Waals surface area (Å²) >= 11 is 0. The molecular formula is C55H42N4O. The number of allylic oxidation sites excluding steroid dienone is 4. The van der Waals surface area contributed by atoms with Gasteiger partial charge in [-0.1, -0.05) is 166 Å². The highest BCUT2D eigenvalue weighted by Crippen LogP contribution is 2.59. The van der Waals surface area contributed by atoms with Crippen LogP contribution in [0.2, 0.25) is 0 Å². The summed E-state index contributed by atoms with van der Waals surface area (Å²) in [5.41, 5.74) is 11.4. The van der Waals surface area contributed by atoms with Crippen LogP contribution in [-0.4, -0.2) is 15.0 Å². The topological polar surface area (TPSA) is 51.1 Å². The number of ether oxygens (including phenoxy) is 1. The lowest BCUT2D eigenvalue weighted by molar-refractivity contribution is 0.367. The molecule has 0 N–H and O–H groups in total. The minimum atomic E-state index is -0.650. The van der Waals surface area contributed by atoms with Gasteiger partial charge in [-0.25, -0.2) is 15.0 Å². The van der Waals surface area contributed by atoms with E-state index in [4.69, 9.17) is 19.7 Å². The Morgan fingerprint density at radius 1 is 0.500 bits per heavy atom. The van der Waals surface area contributed by atoms with Crippen LogP contribution in [0.1, 0.15) is 48.1 Å². The van der Waals surface area contributed by atoms with Crippen LogP contribution in [0.4, 0.5) is 17.1 Å². The van der Waals surface area contributed by atoms with Crippen LogP contribution in [0.3, 0.4) is 0 Å². The molecule has 0 fully saturated rings. The van der Waals surface area contributed by atoms with Gasteiger partial charge < -0.3 is 9.64 Å². The van der Waals surface area contributed by atoms with Crippen LogP contribution < -0.4 is 9.64 Å².